The molecule has 4 N–H and O–H groups in total. The SMILES string of the molecule is NNc1ncc(Cl)c(NCCc2ccc(F)cc2)n1. The van der Waals surface area contributed by atoms with Gasteiger partial charge in [0.15, 0.2) is 5.82 Å². The highest BCUT2D eigenvalue weighted by Gasteiger charge is 2.04. The number of aromatic nitrogens is 2. The second-order valence-corrected chi connectivity index (χ2v) is 4.24. The molecule has 1 aromatic carbocycles. The summed E-state index contributed by atoms with van der Waals surface area (Å²) in [6.45, 7) is 0.617. The van der Waals surface area contributed by atoms with Crippen LogP contribution in [0.3, 0.4) is 0 Å². The summed E-state index contributed by atoms with van der Waals surface area (Å²) in [6, 6.07) is 6.35. The topological polar surface area (TPSA) is 75.9 Å². The predicted octanol–water partition coefficient (Wildman–Crippen LogP) is 2.21. The number of benzene rings is 1. The molecule has 1 aromatic heterocycles. The molecule has 0 spiro atoms. The Bertz CT molecular complexity index is 546. The number of hydrogen-bond acceptors (Lipinski definition) is 5. The number of hydrogen-bond donors (Lipinski definition) is 3. The molecule has 7 heteroatoms. The molecule has 0 aliphatic rings. The van der Waals surface area contributed by atoms with E-state index in [0.29, 0.717) is 17.4 Å². The van der Waals surface area contributed by atoms with Crippen LogP contribution in [0.2, 0.25) is 5.02 Å². The van der Waals surface area contributed by atoms with E-state index in [1.165, 1.54) is 18.3 Å². The third-order valence-corrected chi connectivity index (χ3v) is 2.77. The molecule has 19 heavy (non-hydrogen) atoms. The van der Waals surface area contributed by atoms with Gasteiger partial charge in [-0.15, -0.1) is 0 Å². The molecule has 5 nitrogen and oxygen atoms in total. The first-order valence-electron chi connectivity index (χ1n) is 5.66. The smallest absolute Gasteiger partial charge is 0.239 e. The maximum Gasteiger partial charge on any atom is 0.239 e. The minimum absolute atomic E-state index is 0.241. The normalized spacial score (nSPS) is 10.3. The zero-order valence-corrected chi connectivity index (χ0v) is 10.8. The lowest BCUT2D eigenvalue weighted by atomic mass is 10.1. The first-order valence-corrected chi connectivity index (χ1v) is 6.04. The van der Waals surface area contributed by atoms with E-state index in [4.69, 9.17) is 17.4 Å². The number of nitrogen functional groups attached to an aromatic ring is 1. The fourth-order valence-corrected chi connectivity index (χ4v) is 1.69. The molecule has 0 fully saturated rings. The molecule has 0 bridgehead atoms. The summed E-state index contributed by atoms with van der Waals surface area (Å²) in [4.78, 5) is 7.96. The quantitative estimate of drug-likeness (QED) is 0.579. The molecule has 2 rings (SSSR count). The minimum atomic E-state index is -0.241. The summed E-state index contributed by atoms with van der Waals surface area (Å²) in [5.74, 6) is 5.77. The molecule has 0 saturated carbocycles. The van der Waals surface area contributed by atoms with Crippen molar-refractivity contribution in [3.05, 3.63) is 46.9 Å². The van der Waals surface area contributed by atoms with Crippen molar-refractivity contribution in [1.29, 1.82) is 0 Å². The van der Waals surface area contributed by atoms with E-state index in [9.17, 15) is 4.39 Å². The molecule has 0 atom stereocenters. The summed E-state index contributed by atoms with van der Waals surface area (Å²) >= 11 is 5.95. The Morgan fingerprint density at radius 2 is 2.00 bits per heavy atom. The van der Waals surface area contributed by atoms with E-state index in [1.54, 1.807) is 12.1 Å². The molecule has 0 saturated heterocycles. The van der Waals surface area contributed by atoms with E-state index < -0.39 is 0 Å². The van der Waals surface area contributed by atoms with Crippen molar-refractivity contribution in [2.45, 2.75) is 6.42 Å². The summed E-state index contributed by atoms with van der Waals surface area (Å²) in [5, 5.41) is 3.49. The fraction of sp³-hybridized carbons (Fsp3) is 0.167. The number of rotatable bonds is 5. The standard InChI is InChI=1S/C12H13ClFN5/c13-10-7-17-12(19-15)18-11(10)16-6-5-8-1-3-9(14)4-2-8/h1-4,7H,5-6,15H2,(H2,16,17,18,19). The summed E-state index contributed by atoms with van der Waals surface area (Å²) in [7, 11) is 0. The van der Waals surface area contributed by atoms with Crippen molar-refractivity contribution in [2.75, 3.05) is 17.3 Å². The molecule has 0 aliphatic carbocycles. The fourth-order valence-electron chi connectivity index (χ4n) is 1.54. The van der Waals surface area contributed by atoms with Crippen LogP contribution in [0.5, 0.6) is 0 Å². The van der Waals surface area contributed by atoms with Crippen LogP contribution in [0, 0.1) is 5.82 Å². The maximum atomic E-state index is 12.7. The van der Waals surface area contributed by atoms with Gasteiger partial charge in [0.1, 0.15) is 10.8 Å². The van der Waals surface area contributed by atoms with Crippen molar-refractivity contribution >= 4 is 23.4 Å². The van der Waals surface area contributed by atoms with Crippen molar-refractivity contribution in [3.8, 4) is 0 Å². The lowest BCUT2D eigenvalue weighted by molar-refractivity contribution is 0.627. The van der Waals surface area contributed by atoms with Gasteiger partial charge in [-0.1, -0.05) is 23.7 Å². The molecule has 0 radical (unpaired) electrons. The van der Waals surface area contributed by atoms with Gasteiger partial charge in [0.2, 0.25) is 5.95 Å². The van der Waals surface area contributed by atoms with Gasteiger partial charge in [-0.2, -0.15) is 4.98 Å². The highest BCUT2D eigenvalue weighted by molar-refractivity contribution is 6.32. The second-order valence-electron chi connectivity index (χ2n) is 3.84. The van der Waals surface area contributed by atoms with Gasteiger partial charge in [0.05, 0.1) is 6.20 Å². The molecular weight excluding hydrogens is 269 g/mol. The van der Waals surface area contributed by atoms with Crippen molar-refractivity contribution in [2.24, 2.45) is 5.84 Å². The number of nitrogens with two attached hydrogens (primary N) is 1. The average Bonchev–Trinajstić information content (AvgIpc) is 2.43. The number of anilines is 2. The molecule has 0 amide bonds. The van der Waals surface area contributed by atoms with Gasteiger partial charge in [-0.3, -0.25) is 5.43 Å². The summed E-state index contributed by atoms with van der Waals surface area (Å²) in [6.07, 6.45) is 2.19. The second kappa shape index (κ2) is 6.31. The first-order chi connectivity index (χ1) is 9.19. The number of halogens is 2. The van der Waals surface area contributed by atoms with E-state index in [-0.39, 0.29) is 11.8 Å². The van der Waals surface area contributed by atoms with Crippen molar-refractivity contribution in [1.82, 2.24) is 9.97 Å². The van der Waals surface area contributed by atoms with E-state index >= 15 is 0 Å². The van der Waals surface area contributed by atoms with Crippen LogP contribution in [0.1, 0.15) is 5.56 Å². The Morgan fingerprint density at radius 3 is 2.68 bits per heavy atom. The van der Waals surface area contributed by atoms with Gasteiger partial charge in [-0.05, 0) is 24.1 Å². The lowest BCUT2D eigenvalue weighted by Crippen LogP contribution is -2.13. The third kappa shape index (κ3) is 3.77. The minimum Gasteiger partial charge on any atom is -0.368 e. The molecule has 2 aromatic rings. The maximum absolute atomic E-state index is 12.7. The zero-order valence-electron chi connectivity index (χ0n) is 10.0. The highest BCUT2D eigenvalue weighted by Crippen LogP contribution is 2.18. The van der Waals surface area contributed by atoms with Crippen LogP contribution in [-0.2, 0) is 6.42 Å². The van der Waals surface area contributed by atoms with Crippen LogP contribution in [0.25, 0.3) is 0 Å². The largest absolute Gasteiger partial charge is 0.368 e. The molecule has 100 valence electrons. The Morgan fingerprint density at radius 1 is 1.26 bits per heavy atom. The molecular formula is C12H13ClFN5. The Labute approximate surface area is 115 Å². The van der Waals surface area contributed by atoms with Gasteiger partial charge >= 0.3 is 0 Å². The van der Waals surface area contributed by atoms with Crippen LogP contribution in [0.15, 0.2) is 30.5 Å². The van der Waals surface area contributed by atoms with Crippen LogP contribution in [0.4, 0.5) is 16.2 Å². The predicted molar refractivity (Wildman–Crippen MR) is 73.4 cm³/mol. The Hall–Kier alpha value is -1.92. The van der Waals surface area contributed by atoms with Gasteiger partial charge in [0, 0.05) is 6.54 Å². The van der Waals surface area contributed by atoms with Crippen LogP contribution in [-0.4, -0.2) is 16.5 Å². The molecule has 1 heterocycles. The van der Waals surface area contributed by atoms with Crippen LogP contribution >= 0.6 is 11.6 Å². The monoisotopic (exact) mass is 281 g/mol. The lowest BCUT2D eigenvalue weighted by Gasteiger charge is -2.08. The van der Waals surface area contributed by atoms with E-state index in [1.807, 2.05) is 0 Å². The van der Waals surface area contributed by atoms with Gasteiger partial charge in [-0.25, -0.2) is 15.2 Å². The van der Waals surface area contributed by atoms with E-state index in [0.717, 1.165) is 12.0 Å². The molecule has 0 unspecified atom stereocenters. The first kappa shape index (κ1) is 13.5. The van der Waals surface area contributed by atoms with Crippen molar-refractivity contribution in [3.63, 3.8) is 0 Å². The Kier molecular flexibility index (Phi) is 4.48. The van der Waals surface area contributed by atoms with Crippen LogP contribution < -0.4 is 16.6 Å². The van der Waals surface area contributed by atoms with Gasteiger partial charge < -0.3 is 5.32 Å². The number of nitrogens with zero attached hydrogens (tertiary/aromatic N) is 2. The molecule has 0 aliphatic heterocycles. The number of hydrazine groups is 1. The highest BCUT2D eigenvalue weighted by atomic mass is 35.5. The van der Waals surface area contributed by atoms with Gasteiger partial charge in [0.25, 0.3) is 0 Å². The summed E-state index contributed by atoms with van der Waals surface area (Å²) < 4.78 is 12.7. The number of nitrogens with one attached hydrogen (secondary N) is 2. The summed E-state index contributed by atoms with van der Waals surface area (Å²) in [5.41, 5.74) is 3.37. The average molecular weight is 282 g/mol. The zero-order chi connectivity index (χ0) is 13.7. The third-order valence-electron chi connectivity index (χ3n) is 2.49. The van der Waals surface area contributed by atoms with E-state index in [2.05, 4.69) is 20.7 Å². The van der Waals surface area contributed by atoms with Crippen molar-refractivity contribution < 1.29 is 4.39 Å². The Balaban J connectivity index is 1.93.